The standard InChI is InChI=1S/C40H54/c1-24(2)35-27(5)23-38(10)34(22-25(3)20-21-32-17-13-14-18-32)39(11)29(7)33-19-15-16-26(4)36(33)28(6)37(39)31(9)40(38,12)30(35)8/h15-16,19,29,32,34H,1,3,6,8,13-14,17-18,20-23H2,2,4-5,7,9-12H3/t29-,34?,38+,39-,40-/m1/s1. The molecule has 0 amide bonds. The van der Waals surface area contributed by atoms with E-state index in [1.807, 2.05) is 0 Å². The van der Waals surface area contributed by atoms with Gasteiger partial charge in [0.25, 0.3) is 0 Å². The van der Waals surface area contributed by atoms with Gasteiger partial charge in [-0.25, -0.2) is 0 Å². The van der Waals surface area contributed by atoms with E-state index < -0.39 is 0 Å². The molecule has 0 aliphatic heterocycles. The molecule has 4 aliphatic carbocycles. The van der Waals surface area contributed by atoms with Gasteiger partial charge in [0.15, 0.2) is 0 Å². The van der Waals surface area contributed by atoms with Crippen LogP contribution in [0.25, 0.3) is 5.57 Å². The Morgan fingerprint density at radius 3 is 2.27 bits per heavy atom. The van der Waals surface area contributed by atoms with Crippen LogP contribution in [-0.2, 0) is 0 Å². The third-order valence-electron chi connectivity index (χ3n) is 12.8. The number of allylic oxidation sites excluding steroid dienone is 8. The molecule has 1 saturated carbocycles. The highest BCUT2D eigenvalue weighted by Gasteiger charge is 2.66. The summed E-state index contributed by atoms with van der Waals surface area (Å²) < 4.78 is 0. The smallest absolute Gasteiger partial charge is 0.0197 e. The molecule has 40 heavy (non-hydrogen) atoms. The molecule has 1 aromatic carbocycles. The van der Waals surface area contributed by atoms with Crippen LogP contribution in [-0.4, -0.2) is 0 Å². The summed E-state index contributed by atoms with van der Waals surface area (Å²) in [6.45, 7) is 38.3. The molecule has 0 aromatic heterocycles. The van der Waals surface area contributed by atoms with Gasteiger partial charge in [0.2, 0.25) is 0 Å². The van der Waals surface area contributed by atoms with Crippen LogP contribution < -0.4 is 0 Å². The third-order valence-corrected chi connectivity index (χ3v) is 12.8. The Morgan fingerprint density at radius 1 is 1.00 bits per heavy atom. The third kappa shape index (κ3) is 3.84. The second-order valence-electron chi connectivity index (χ2n) is 14.9. The molecule has 1 fully saturated rings. The normalized spacial score (nSPS) is 34.1. The Bertz CT molecular complexity index is 1370. The highest BCUT2D eigenvalue weighted by Crippen LogP contribution is 2.75. The minimum atomic E-state index is -0.172. The van der Waals surface area contributed by atoms with Gasteiger partial charge in [-0.3, -0.25) is 0 Å². The molecule has 0 spiro atoms. The summed E-state index contributed by atoms with van der Waals surface area (Å²) in [6.07, 6.45) is 10.3. The van der Waals surface area contributed by atoms with E-state index in [-0.39, 0.29) is 16.2 Å². The second kappa shape index (κ2) is 9.89. The number of benzene rings is 1. The van der Waals surface area contributed by atoms with Gasteiger partial charge >= 0.3 is 0 Å². The topological polar surface area (TPSA) is 0 Å². The zero-order chi connectivity index (χ0) is 29.4. The molecule has 214 valence electrons. The van der Waals surface area contributed by atoms with Crippen molar-refractivity contribution in [2.75, 3.05) is 0 Å². The van der Waals surface area contributed by atoms with Crippen LogP contribution in [0.5, 0.6) is 0 Å². The lowest BCUT2D eigenvalue weighted by Crippen LogP contribution is -2.59. The first-order valence-electron chi connectivity index (χ1n) is 15.9. The van der Waals surface area contributed by atoms with Crippen molar-refractivity contribution in [3.8, 4) is 0 Å². The predicted molar refractivity (Wildman–Crippen MR) is 175 cm³/mol. The Hall–Kier alpha value is -2.34. The van der Waals surface area contributed by atoms with Crippen LogP contribution >= 0.6 is 0 Å². The van der Waals surface area contributed by atoms with Crippen LogP contribution in [0, 0.1) is 35.0 Å². The highest BCUT2D eigenvalue weighted by atomic mass is 14.7. The summed E-state index contributed by atoms with van der Waals surface area (Å²) in [7, 11) is 0. The van der Waals surface area contributed by atoms with Gasteiger partial charge in [0.1, 0.15) is 0 Å². The average Bonchev–Trinajstić information content (AvgIpc) is 3.40. The number of rotatable bonds is 6. The fraction of sp³-hybridized carbons (Fsp3) is 0.550. The number of hydrogen-bond donors (Lipinski definition) is 0. The van der Waals surface area contributed by atoms with Gasteiger partial charge in [-0.1, -0.05) is 120 Å². The van der Waals surface area contributed by atoms with Crippen LogP contribution in [0.4, 0.5) is 0 Å². The zero-order valence-corrected chi connectivity index (χ0v) is 26.9. The van der Waals surface area contributed by atoms with E-state index in [0.717, 1.165) is 24.3 Å². The summed E-state index contributed by atoms with van der Waals surface area (Å²) >= 11 is 0. The molecule has 1 aromatic rings. The summed E-state index contributed by atoms with van der Waals surface area (Å²) in [4.78, 5) is 0. The second-order valence-corrected chi connectivity index (χ2v) is 14.9. The molecule has 1 unspecified atom stereocenters. The maximum atomic E-state index is 4.88. The fourth-order valence-electron chi connectivity index (χ4n) is 10.4. The molecule has 5 rings (SSSR count). The van der Waals surface area contributed by atoms with Crippen molar-refractivity contribution >= 4 is 5.57 Å². The molecule has 0 heterocycles. The van der Waals surface area contributed by atoms with Crippen molar-refractivity contribution in [1.29, 1.82) is 0 Å². The van der Waals surface area contributed by atoms with Gasteiger partial charge in [0.05, 0.1) is 0 Å². The van der Waals surface area contributed by atoms with Crippen molar-refractivity contribution in [1.82, 2.24) is 0 Å². The quantitative estimate of drug-likeness (QED) is 0.318. The monoisotopic (exact) mass is 534 g/mol. The van der Waals surface area contributed by atoms with E-state index in [9.17, 15) is 0 Å². The molecule has 0 N–H and O–H groups in total. The minimum absolute atomic E-state index is 0.0155. The van der Waals surface area contributed by atoms with Crippen molar-refractivity contribution < 1.29 is 0 Å². The largest absolute Gasteiger partial charge is 0.0999 e. The Morgan fingerprint density at radius 2 is 1.65 bits per heavy atom. The van der Waals surface area contributed by atoms with Gasteiger partial charge in [-0.2, -0.15) is 0 Å². The van der Waals surface area contributed by atoms with Crippen molar-refractivity contribution in [2.24, 2.45) is 28.1 Å². The van der Waals surface area contributed by atoms with E-state index in [1.54, 1.807) is 0 Å². The maximum absolute atomic E-state index is 4.88. The van der Waals surface area contributed by atoms with Gasteiger partial charge in [-0.05, 0) is 116 Å². The molecule has 0 bridgehead atoms. The molecule has 5 atom stereocenters. The zero-order valence-electron chi connectivity index (χ0n) is 26.9. The van der Waals surface area contributed by atoms with Gasteiger partial charge in [0, 0.05) is 10.8 Å². The summed E-state index contributed by atoms with van der Waals surface area (Å²) in [5.41, 5.74) is 14.8. The van der Waals surface area contributed by atoms with Crippen LogP contribution in [0.3, 0.4) is 0 Å². The van der Waals surface area contributed by atoms with Crippen molar-refractivity contribution in [3.05, 3.63) is 100 Å². The number of aryl methyl sites for hydroxylation is 1. The summed E-state index contributed by atoms with van der Waals surface area (Å²) in [5.74, 6) is 1.73. The van der Waals surface area contributed by atoms with Crippen LogP contribution in [0.1, 0.15) is 122 Å². The van der Waals surface area contributed by atoms with E-state index >= 15 is 0 Å². The Labute approximate surface area is 246 Å². The fourth-order valence-corrected chi connectivity index (χ4v) is 10.4. The molecule has 0 nitrogen and oxygen atoms in total. The Balaban J connectivity index is 1.73. The molecule has 0 heteroatoms. The van der Waals surface area contributed by atoms with Crippen molar-refractivity contribution in [3.63, 3.8) is 0 Å². The molecular formula is C40H54. The van der Waals surface area contributed by atoms with E-state index in [4.69, 9.17) is 19.7 Å². The SMILES string of the molecule is C=C(CCC1CCCC1)CC1[C@]2(C)C(=C(C)[C@@]3(C)C(=C)C(C(=C)C)=C(C)C[C@@]13C)C(=C)c1c(C)cccc1[C@H]2C. The highest BCUT2D eigenvalue weighted by molar-refractivity contribution is 5.87. The predicted octanol–water partition coefficient (Wildman–Crippen LogP) is 11.9. The maximum Gasteiger partial charge on any atom is 0.0197 e. The van der Waals surface area contributed by atoms with Crippen LogP contribution in [0.2, 0.25) is 0 Å². The number of fused-ring (bicyclic) bond motifs is 3. The van der Waals surface area contributed by atoms with Crippen LogP contribution in [0.15, 0.2) is 83.5 Å². The lowest BCUT2D eigenvalue weighted by atomic mass is 9.36. The number of hydrogen-bond acceptors (Lipinski definition) is 0. The first-order valence-corrected chi connectivity index (χ1v) is 15.9. The summed E-state index contributed by atoms with van der Waals surface area (Å²) in [6, 6.07) is 6.89. The van der Waals surface area contributed by atoms with Crippen molar-refractivity contribution in [2.45, 2.75) is 113 Å². The first kappa shape index (κ1) is 29.2. The summed E-state index contributed by atoms with van der Waals surface area (Å²) in [5, 5.41) is 0. The van der Waals surface area contributed by atoms with Gasteiger partial charge < -0.3 is 0 Å². The first-order chi connectivity index (χ1) is 18.7. The van der Waals surface area contributed by atoms with E-state index in [1.165, 1.54) is 94.2 Å². The van der Waals surface area contributed by atoms with E-state index in [2.05, 4.69) is 80.2 Å². The molecule has 4 aliphatic rings. The molecule has 0 radical (unpaired) electrons. The van der Waals surface area contributed by atoms with Gasteiger partial charge in [-0.15, -0.1) is 0 Å². The average molecular weight is 535 g/mol. The molecule has 0 saturated heterocycles. The Kier molecular flexibility index (Phi) is 7.21. The lowest BCUT2D eigenvalue weighted by molar-refractivity contribution is -0.0371. The minimum Gasteiger partial charge on any atom is -0.0999 e. The van der Waals surface area contributed by atoms with E-state index in [0.29, 0.717) is 11.8 Å². The lowest BCUT2D eigenvalue weighted by Gasteiger charge is -2.67. The molecular weight excluding hydrogens is 480 g/mol.